The van der Waals surface area contributed by atoms with Crippen LogP contribution in [0.3, 0.4) is 0 Å². The first kappa shape index (κ1) is 8.49. The zero-order valence-electron chi connectivity index (χ0n) is 6.75. The molecular formula is C7H14N2O2. The van der Waals surface area contributed by atoms with E-state index in [2.05, 4.69) is 5.16 Å². The molecule has 1 atom stereocenters. The first-order chi connectivity index (χ1) is 5.33. The smallest absolute Gasteiger partial charge is 0.156 e. The quantitative estimate of drug-likeness (QED) is 0.591. The lowest BCUT2D eigenvalue weighted by molar-refractivity contribution is 0.00519. The van der Waals surface area contributed by atoms with E-state index in [9.17, 15) is 0 Å². The van der Waals surface area contributed by atoms with Gasteiger partial charge in [0.05, 0.1) is 18.9 Å². The lowest BCUT2D eigenvalue weighted by atomic mass is 10.2. The molecule has 11 heavy (non-hydrogen) atoms. The summed E-state index contributed by atoms with van der Waals surface area (Å²) in [7, 11) is 0. The fourth-order valence-corrected chi connectivity index (χ4v) is 0.956. The zero-order chi connectivity index (χ0) is 8.10. The van der Waals surface area contributed by atoms with Crippen LogP contribution in [0.15, 0.2) is 5.16 Å². The van der Waals surface area contributed by atoms with Crippen molar-refractivity contribution in [2.45, 2.75) is 19.4 Å². The third-order valence-corrected chi connectivity index (χ3v) is 1.45. The Labute approximate surface area is 66.3 Å². The normalized spacial score (nSPS) is 23.1. The number of oxime groups is 1. The molecule has 1 unspecified atom stereocenters. The summed E-state index contributed by atoms with van der Waals surface area (Å²) >= 11 is 0. The van der Waals surface area contributed by atoms with Crippen LogP contribution < -0.4 is 5.73 Å². The van der Waals surface area contributed by atoms with E-state index in [0.717, 1.165) is 12.1 Å². The lowest BCUT2D eigenvalue weighted by Gasteiger charge is -2.07. The molecular weight excluding hydrogens is 144 g/mol. The van der Waals surface area contributed by atoms with Gasteiger partial charge in [0.2, 0.25) is 0 Å². The third kappa shape index (κ3) is 2.86. The highest BCUT2D eigenvalue weighted by Crippen LogP contribution is 2.09. The van der Waals surface area contributed by atoms with Gasteiger partial charge in [0, 0.05) is 13.0 Å². The summed E-state index contributed by atoms with van der Waals surface area (Å²) in [5, 5.41) is 3.80. The Morgan fingerprint density at radius 2 is 2.64 bits per heavy atom. The molecule has 0 aliphatic carbocycles. The van der Waals surface area contributed by atoms with Gasteiger partial charge in [-0.25, -0.2) is 0 Å². The summed E-state index contributed by atoms with van der Waals surface area (Å²) in [4.78, 5) is 5.03. The number of hydrogen-bond donors (Lipinski definition) is 1. The summed E-state index contributed by atoms with van der Waals surface area (Å²) in [5.74, 6) is 0. The molecule has 0 aromatic heterocycles. The maximum atomic E-state index is 5.25. The van der Waals surface area contributed by atoms with Gasteiger partial charge in [0.15, 0.2) is 6.10 Å². The predicted octanol–water partition coefficient (Wildman–Crippen LogP) is 0.127. The molecule has 0 saturated carbocycles. The summed E-state index contributed by atoms with van der Waals surface area (Å²) < 4.78 is 5.19. The molecule has 2 N–H and O–H groups in total. The van der Waals surface area contributed by atoms with Crippen molar-refractivity contribution in [3.05, 3.63) is 0 Å². The van der Waals surface area contributed by atoms with Gasteiger partial charge in [-0.2, -0.15) is 0 Å². The second-order valence-corrected chi connectivity index (χ2v) is 2.62. The molecule has 4 heteroatoms. The molecule has 1 aliphatic heterocycles. The molecule has 0 spiro atoms. The summed E-state index contributed by atoms with van der Waals surface area (Å²) in [5.41, 5.74) is 6.28. The molecule has 64 valence electrons. The monoisotopic (exact) mass is 158 g/mol. The summed E-state index contributed by atoms with van der Waals surface area (Å²) in [6, 6.07) is 0. The molecule has 0 aromatic rings. The maximum absolute atomic E-state index is 5.25. The van der Waals surface area contributed by atoms with Gasteiger partial charge in [-0.1, -0.05) is 5.16 Å². The van der Waals surface area contributed by atoms with Crippen molar-refractivity contribution in [3.63, 3.8) is 0 Å². The maximum Gasteiger partial charge on any atom is 0.156 e. The van der Waals surface area contributed by atoms with E-state index in [1.165, 1.54) is 0 Å². The molecule has 0 aromatic carbocycles. The fraction of sp³-hybridized carbons (Fsp3) is 0.857. The van der Waals surface area contributed by atoms with E-state index < -0.39 is 0 Å². The first-order valence-corrected chi connectivity index (χ1v) is 3.80. The number of nitrogens with zero attached hydrogens (tertiary/aromatic N) is 1. The molecule has 0 saturated heterocycles. The molecule has 0 radical (unpaired) electrons. The predicted molar refractivity (Wildman–Crippen MR) is 42.5 cm³/mol. The Hall–Kier alpha value is -0.610. The van der Waals surface area contributed by atoms with Crippen LogP contribution >= 0.6 is 0 Å². The van der Waals surface area contributed by atoms with Crippen molar-refractivity contribution >= 4 is 5.71 Å². The van der Waals surface area contributed by atoms with Crippen LogP contribution in [0.25, 0.3) is 0 Å². The average molecular weight is 158 g/mol. The second-order valence-electron chi connectivity index (χ2n) is 2.62. The lowest BCUT2D eigenvalue weighted by Crippen LogP contribution is -2.18. The Morgan fingerprint density at radius 1 is 1.82 bits per heavy atom. The van der Waals surface area contributed by atoms with Crippen LogP contribution in [0.4, 0.5) is 0 Å². The topological polar surface area (TPSA) is 56.8 Å². The SMILES string of the molecule is CC1=NOC(COCCN)C1. The van der Waals surface area contributed by atoms with E-state index in [0.29, 0.717) is 19.8 Å². The Balaban J connectivity index is 2.02. The van der Waals surface area contributed by atoms with E-state index in [1.54, 1.807) is 0 Å². The molecule has 0 bridgehead atoms. The van der Waals surface area contributed by atoms with Gasteiger partial charge >= 0.3 is 0 Å². The van der Waals surface area contributed by atoms with Gasteiger partial charge in [-0.15, -0.1) is 0 Å². The minimum absolute atomic E-state index is 0.113. The van der Waals surface area contributed by atoms with Crippen molar-refractivity contribution in [2.24, 2.45) is 10.9 Å². The molecule has 1 rings (SSSR count). The van der Waals surface area contributed by atoms with Crippen molar-refractivity contribution in [1.82, 2.24) is 0 Å². The van der Waals surface area contributed by atoms with E-state index in [-0.39, 0.29) is 6.10 Å². The average Bonchev–Trinajstić information content (AvgIpc) is 2.37. The third-order valence-electron chi connectivity index (χ3n) is 1.45. The van der Waals surface area contributed by atoms with Crippen LogP contribution in [0, 0.1) is 0 Å². The highest BCUT2D eigenvalue weighted by atomic mass is 16.7. The summed E-state index contributed by atoms with van der Waals surface area (Å²) in [6.07, 6.45) is 0.992. The number of rotatable bonds is 4. The van der Waals surface area contributed by atoms with Gasteiger partial charge in [-0.05, 0) is 6.92 Å². The minimum Gasteiger partial charge on any atom is -0.390 e. The Morgan fingerprint density at radius 3 is 3.18 bits per heavy atom. The Bertz CT molecular complexity index is 147. The van der Waals surface area contributed by atoms with Crippen LogP contribution in [0.5, 0.6) is 0 Å². The fourth-order valence-electron chi connectivity index (χ4n) is 0.956. The van der Waals surface area contributed by atoms with Crippen molar-refractivity contribution in [2.75, 3.05) is 19.8 Å². The largest absolute Gasteiger partial charge is 0.390 e. The number of nitrogens with two attached hydrogens (primary N) is 1. The van der Waals surface area contributed by atoms with Crippen LogP contribution in [0.2, 0.25) is 0 Å². The van der Waals surface area contributed by atoms with Crippen molar-refractivity contribution < 1.29 is 9.57 Å². The molecule has 0 amide bonds. The van der Waals surface area contributed by atoms with Gasteiger partial charge in [-0.3, -0.25) is 0 Å². The van der Waals surface area contributed by atoms with E-state index in [1.807, 2.05) is 6.92 Å². The van der Waals surface area contributed by atoms with Crippen molar-refractivity contribution in [1.29, 1.82) is 0 Å². The van der Waals surface area contributed by atoms with E-state index in [4.69, 9.17) is 15.3 Å². The minimum atomic E-state index is 0.113. The number of ether oxygens (including phenoxy) is 1. The molecule has 1 aliphatic rings. The molecule has 4 nitrogen and oxygen atoms in total. The van der Waals surface area contributed by atoms with Crippen LogP contribution in [-0.4, -0.2) is 31.6 Å². The molecule has 1 heterocycles. The van der Waals surface area contributed by atoms with Crippen molar-refractivity contribution in [3.8, 4) is 0 Å². The second kappa shape index (κ2) is 4.31. The highest BCUT2D eigenvalue weighted by molar-refractivity contribution is 5.82. The zero-order valence-corrected chi connectivity index (χ0v) is 6.75. The summed E-state index contributed by atoms with van der Waals surface area (Å²) in [6.45, 7) is 3.70. The Kier molecular flexibility index (Phi) is 3.32. The van der Waals surface area contributed by atoms with Gasteiger partial charge in [0.1, 0.15) is 0 Å². The molecule has 0 fully saturated rings. The van der Waals surface area contributed by atoms with Crippen LogP contribution in [0.1, 0.15) is 13.3 Å². The van der Waals surface area contributed by atoms with Crippen LogP contribution in [-0.2, 0) is 9.57 Å². The van der Waals surface area contributed by atoms with Gasteiger partial charge in [0.25, 0.3) is 0 Å². The van der Waals surface area contributed by atoms with Gasteiger partial charge < -0.3 is 15.3 Å². The standard InChI is InChI=1S/C7H14N2O2/c1-6-4-7(11-9-6)5-10-3-2-8/h7H,2-5,8H2,1H3. The van der Waals surface area contributed by atoms with E-state index >= 15 is 0 Å². The first-order valence-electron chi connectivity index (χ1n) is 3.80. The highest BCUT2D eigenvalue weighted by Gasteiger charge is 2.17. The number of hydrogen-bond acceptors (Lipinski definition) is 4.